The second-order valence-corrected chi connectivity index (χ2v) is 5.95. The van der Waals surface area contributed by atoms with Crippen LogP contribution in [0.4, 0.5) is 5.69 Å². The van der Waals surface area contributed by atoms with E-state index in [1.165, 1.54) is 7.11 Å². The van der Waals surface area contributed by atoms with Crippen LogP contribution in [0.15, 0.2) is 36.5 Å². The molecule has 0 aliphatic rings. The fourth-order valence-electron chi connectivity index (χ4n) is 3.06. The molecule has 0 spiro atoms. The number of anilines is 1. The highest BCUT2D eigenvalue weighted by molar-refractivity contribution is 6.16. The second kappa shape index (κ2) is 7.49. The van der Waals surface area contributed by atoms with Gasteiger partial charge in [-0.1, -0.05) is 6.07 Å². The van der Waals surface area contributed by atoms with Gasteiger partial charge in [-0.3, -0.25) is 9.78 Å². The first kappa shape index (κ1) is 18.4. The molecule has 0 aliphatic carbocycles. The molecule has 2 aromatic heterocycles. The lowest BCUT2D eigenvalue weighted by molar-refractivity contribution is 0.0527. The van der Waals surface area contributed by atoms with Gasteiger partial charge in [-0.25, -0.2) is 4.79 Å². The van der Waals surface area contributed by atoms with Crippen molar-refractivity contribution in [1.82, 2.24) is 9.55 Å². The Morgan fingerprint density at radius 1 is 1.22 bits per heavy atom. The summed E-state index contributed by atoms with van der Waals surface area (Å²) in [5, 5.41) is 3.43. The maximum absolute atomic E-state index is 12.7. The molecule has 0 aliphatic heterocycles. The van der Waals surface area contributed by atoms with Gasteiger partial charge in [-0.2, -0.15) is 0 Å². The van der Waals surface area contributed by atoms with Crippen LogP contribution in [-0.4, -0.2) is 35.1 Å². The number of nitrogens with one attached hydrogen (secondary N) is 1. The number of ether oxygens (including phenoxy) is 2. The lowest BCUT2D eigenvalue weighted by Crippen LogP contribution is -2.15. The molecule has 0 saturated heterocycles. The molecule has 0 atom stereocenters. The smallest absolute Gasteiger partial charge is 0.340 e. The Kier molecular flexibility index (Phi) is 5.12. The van der Waals surface area contributed by atoms with E-state index in [-0.39, 0.29) is 12.3 Å². The van der Waals surface area contributed by atoms with Crippen molar-refractivity contribution < 1.29 is 19.1 Å². The summed E-state index contributed by atoms with van der Waals surface area (Å²) in [5.41, 5.74) is 2.61. The zero-order valence-corrected chi connectivity index (χ0v) is 15.7. The van der Waals surface area contributed by atoms with Crippen LogP contribution in [0.25, 0.3) is 10.9 Å². The topological polar surface area (TPSA) is 82.5 Å². The molecule has 7 heteroatoms. The van der Waals surface area contributed by atoms with Gasteiger partial charge in [0.1, 0.15) is 11.4 Å². The van der Waals surface area contributed by atoms with Crippen molar-refractivity contribution in [3.63, 3.8) is 0 Å². The van der Waals surface area contributed by atoms with Gasteiger partial charge in [-0.05, 0) is 38.1 Å². The van der Waals surface area contributed by atoms with Gasteiger partial charge in [-0.15, -0.1) is 0 Å². The molecule has 3 aromatic rings. The van der Waals surface area contributed by atoms with E-state index in [1.54, 1.807) is 37.4 Å². The number of pyridine rings is 1. The molecule has 2 heterocycles. The monoisotopic (exact) mass is 367 g/mol. The normalized spacial score (nSPS) is 10.7. The van der Waals surface area contributed by atoms with Crippen LogP contribution in [0.5, 0.6) is 5.75 Å². The average molecular weight is 367 g/mol. The Morgan fingerprint density at radius 3 is 2.63 bits per heavy atom. The van der Waals surface area contributed by atoms with E-state index in [0.29, 0.717) is 22.4 Å². The summed E-state index contributed by atoms with van der Waals surface area (Å²) in [6.07, 6.45) is 1.55. The Balaban J connectivity index is 2.22. The number of carbonyl (C=O) groups is 2. The van der Waals surface area contributed by atoms with Crippen LogP contribution in [0.1, 0.15) is 33.5 Å². The minimum absolute atomic E-state index is 0.258. The van der Waals surface area contributed by atoms with Gasteiger partial charge in [0.15, 0.2) is 0 Å². The molecular weight excluding hydrogens is 346 g/mol. The van der Waals surface area contributed by atoms with Gasteiger partial charge in [0.2, 0.25) is 0 Å². The predicted octanol–water partition coefficient (Wildman–Crippen LogP) is 3.32. The molecule has 0 radical (unpaired) electrons. The lowest BCUT2D eigenvalue weighted by atomic mass is 10.1. The molecule has 0 bridgehead atoms. The minimum atomic E-state index is -0.442. The number of methoxy groups -OCH3 is 1. The maximum atomic E-state index is 12.7. The largest absolute Gasteiger partial charge is 0.495 e. The minimum Gasteiger partial charge on any atom is -0.495 e. The number of rotatable bonds is 5. The number of hydrogen-bond acceptors (Lipinski definition) is 5. The zero-order valence-electron chi connectivity index (χ0n) is 15.7. The molecule has 0 saturated carbocycles. The van der Waals surface area contributed by atoms with Crippen LogP contribution in [0, 0.1) is 6.92 Å². The number of fused-ring (bicyclic) bond motifs is 1. The molecule has 0 fully saturated rings. The van der Waals surface area contributed by atoms with Crippen molar-refractivity contribution >= 4 is 28.5 Å². The summed E-state index contributed by atoms with van der Waals surface area (Å²) in [5.74, 6) is -0.386. The first-order valence-corrected chi connectivity index (χ1v) is 8.55. The summed E-state index contributed by atoms with van der Waals surface area (Å²) in [6, 6.07) is 8.68. The van der Waals surface area contributed by atoms with Crippen LogP contribution in [0.3, 0.4) is 0 Å². The molecule has 7 nitrogen and oxygen atoms in total. The summed E-state index contributed by atoms with van der Waals surface area (Å²) >= 11 is 0. The van der Waals surface area contributed by atoms with E-state index in [0.717, 1.165) is 11.2 Å². The van der Waals surface area contributed by atoms with E-state index in [2.05, 4.69) is 10.3 Å². The number of carbonyl (C=O) groups excluding carboxylic acids is 2. The fourth-order valence-corrected chi connectivity index (χ4v) is 3.06. The number of esters is 1. The van der Waals surface area contributed by atoms with Crippen molar-refractivity contribution in [1.29, 1.82) is 0 Å². The van der Waals surface area contributed by atoms with Crippen LogP contribution in [-0.2, 0) is 11.8 Å². The number of hydrogen-bond donors (Lipinski definition) is 1. The van der Waals surface area contributed by atoms with Crippen molar-refractivity contribution in [2.45, 2.75) is 13.8 Å². The standard InChI is InChI=1S/C20H21N3O4/c1-5-27-20(25)16-12(2)23(3)14-9-10-15(26-4)18(17(14)16)22-19(24)13-8-6-7-11-21-13/h6-11H,5H2,1-4H3,(H,22,24). The van der Waals surface area contributed by atoms with Gasteiger partial charge in [0.25, 0.3) is 5.91 Å². The highest BCUT2D eigenvalue weighted by Crippen LogP contribution is 2.38. The summed E-state index contributed by atoms with van der Waals surface area (Å²) in [4.78, 5) is 29.3. The first-order valence-electron chi connectivity index (χ1n) is 8.55. The summed E-state index contributed by atoms with van der Waals surface area (Å²) in [7, 11) is 3.37. The fraction of sp³-hybridized carbons (Fsp3) is 0.250. The predicted molar refractivity (Wildman–Crippen MR) is 102 cm³/mol. The van der Waals surface area contributed by atoms with Crippen molar-refractivity contribution in [3.8, 4) is 5.75 Å². The molecule has 0 unspecified atom stereocenters. The van der Waals surface area contributed by atoms with Gasteiger partial charge in [0, 0.05) is 24.3 Å². The van der Waals surface area contributed by atoms with Crippen molar-refractivity contribution in [3.05, 3.63) is 53.5 Å². The summed E-state index contributed by atoms with van der Waals surface area (Å²) < 4.78 is 12.6. The van der Waals surface area contributed by atoms with Crippen LogP contribution >= 0.6 is 0 Å². The van der Waals surface area contributed by atoms with Gasteiger partial charge in [0.05, 0.1) is 30.5 Å². The van der Waals surface area contributed by atoms with E-state index >= 15 is 0 Å². The first-order chi connectivity index (χ1) is 13.0. The number of aryl methyl sites for hydroxylation is 1. The number of amides is 1. The van der Waals surface area contributed by atoms with Gasteiger partial charge < -0.3 is 19.4 Å². The SMILES string of the molecule is CCOC(=O)c1c(C)n(C)c2ccc(OC)c(NC(=O)c3ccccn3)c12. The third-order valence-corrected chi connectivity index (χ3v) is 4.46. The van der Waals surface area contributed by atoms with E-state index in [1.807, 2.05) is 24.6 Å². The van der Waals surface area contributed by atoms with Crippen LogP contribution in [0.2, 0.25) is 0 Å². The number of aromatic nitrogens is 2. The lowest BCUT2D eigenvalue weighted by Gasteiger charge is -2.13. The molecule has 1 aromatic carbocycles. The molecular formula is C20H21N3O4. The molecule has 1 N–H and O–H groups in total. The molecule has 1 amide bonds. The van der Waals surface area contributed by atoms with Crippen LogP contribution < -0.4 is 10.1 Å². The number of nitrogens with zero attached hydrogens (tertiary/aromatic N) is 2. The van der Waals surface area contributed by atoms with Gasteiger partial charge >= 0.3 is 5.97 Å². The van der Waals surface area contributed by atoms with E-state index in [9.17, 15) is 9.59 Å². The average Bonchev–Trinajstić information content (AvgIpc) is 2.94. The van der Waals surface area contributed by atoms with E-state index in [4.69, 9.17) is 9.47 Å². The maximum Gasteiger partial charge on any atom is 0.340 e. The Hall–Kier alpha value is -3.35. The van der Waals surface area contributed by atoms with Crippen molar-refractivity contribution in [2.24, 2.45) is 7.05 Å². The summed E-state index contributed by atoms with van der Waals surface area (Å²) in [6.45, 7) is 3.85. The Bertz CT molecular complexity index is 1010. The Labute approximate surface area is 156 Å². The third-order valence-electron chi connectivity index (χ3n) is 4.46. The second-order valence-electron chi connectivity index (χ2n) is 5.95. The molecule has 3 rings (SSSR count). The zero-order chi connectivity index (χ0) is 19.6. The molecule has 27 heavy (non-hydrogen) atoms. The highest BCUT2D eigenvalue weighted by Gasteiger charge is 2.25. The molecule has 140 valence electrons. The third kappa shape index (κ3) is 3.23. The Morgan fingerprint density at radius 2 is 2.00 bits per heavy atom. The van der Waals surface area contributed by atoms with Crippen molar-refractivity contribution in [2.75, 3.05) is 19.0 Å². The van der Waals surface area contributed by atoms with E-state index < -0.39 is 11.9 Å². The quantitative estimate of drug-likeness (QED) is 0.700. The highest BCUT2D eigenvalue weighted by atomic mass is 16.5. The number of benzene rings is 1.